The van der Waals surface area contributed by atoms with Crippen LogP contribution in [0.2, 0.25) is 20.1 Å². The van der Waals surface area contributed by atoms with Gasteiger partial charge in [-0.2, -0.15) is 0 Å². The Morgan fingerprint density at radius 2 is 0.925 bits per heavy atom. The smallest absolute Gasteiger partial charge is 0.314 e. The second-order valence-electron chi connectivity index (χ2n) is 22.3. The number of rotatable bonds is 35. The van der Waals surface area contributed by atoms with Gasteiger partial charge in [0, 0.05) is 63.7 Å². The Kier molecular flexibility index (Phi) is 26.1. The lowest BCUT2D eigenvalue weighted by molar-refractivity contribution is -0.119. The lowest BCUT2D eigenvalue weighted by Gasteiger charge is -2.28. The highest BCUT2D eigenvalue weighted by molar-refractivity contribution is 7.91. The summed E-state index contributed by atoms with van der Waals surface area (Å²) in [5.41, 5.74) is 5.44. The third kappa shape index (κ3) is 19.5. The van der Waals surface area contributed by atoms with Gasteiger partial charge in [0.1, 0.15) is 29.5 Å². The number of benzene rings is 4. The van der Waals surface area contributed by atoms with Gasteiger partial charge in [0.2, 0.25) is 10.0 Å². The molecule has 4 atom stereocenters. The first-order valence-electron chi connectivity index (χ1n) is 28.7. The molecule has 3 N–H and O–H groups in total. The Balaban J connectivity index is 0.708. The molecule has 6 rings (SSSR count). The van der Waals surface area contributed by atoms with E-state index in [1.165, 1.54) is 0 Å². The van der Waals surface area contributed by atoms with Crippen molar-refractivity contribution >= 4 is 78.1 Å². The van der Waals surface area contributed by atoms with Crippen LogP contribution < -0.4 is 24.8 Å². The molecular formula is C61H85Cl4N5O8S2. The number of aryl methyl sites for hydroxylation is 2. The minimum Gasteiger partial charge on any atom is -0.484 e. The van der Waals surface area contributed by atoms with E-state index in [2.05, 4.69) is 25.2 Å². The van der Waals surface area contributed by atoms with Gasteiger partial charge in [-0.05, 0) is 176 Å². The summed E-state index contributed by atoms with van der Waals surface area (Å²) in [5.74, 6) is 1.65. The molecule has 2 aliphatic carbocycles. The number of amides is 2. The summed E-state index contributed by atoms with van der Waals surface area (Å²) in [4.78, 5) is 29.4. The van der Waals surface area contributed by atoms with Crippen molar-refractivity contribution in [2.24, 2.45) is 0 Å². The van der Waals surface area contributed by atoms with Gasteiger partial charge in [-0.15, -0.1) is 0 Å². The molecule has 4 aromatic rings. The first kappa shape index (κ1) is 65.5. The minimum atomic E-state index is -3.68. The van der Waals surface area contributed by atoms with Crippen molar-refractivity contribution in [3.05, 3.63) is 114 Å². The molecule has 0 saturated heterocycles. The normalized spacial score (nSPS) is 17.0. The quantitative estimate of drug-likeness (QED) is 0.0378. The molecule has 2 aliphatic rings. The average Bonchev–Trinajstić information content (AvgIpc) is 3.95. The molecule has 2 amide bonds. The molecule has 0 spiro atoms. The summed E-state index contributed by atoms with van der Waals surface area (Å²) in [6.45, 7) is 5.28. The molecule has 0 fully saturated rings. The van der Waals surface area contributed by atoms with Gasteiger partial charge >= 0.3 is 6.03 Å². The Morgan fingerprint density at radius 3 is 1.39 bits per heavy atom. The summed E-state index contributed by atoms with van der Waals surface area (Å²) in [7, 11) is 0.907. The number of urea groups is 1. The molecule has 0 aromatic heterocycles. The molecular weight excluding hydrogens is 1140 g/mol. The number of hydrogen-bond donors (Lipinski definition) is 3. The molecule has 0 radical (unpaired) electrons. The second kappa shape index (κ2) is 31.9. The summed E-state index contributed by atoms with van der Waals surface area (Å²) in [6, 6.07) is 17.3. The third-order valence-corrected chi connectivity index (χ3v) is 19.9. The fraction of sp³-hybridized carbons (Fsp3) is 0.574. The molecule has 0 heterocycles. The first-order valence-corrected chi connectivity index (χ1v) is 33.4. The van der Waals surface area contributed by atoms with Gasteiger partial charge in [-0.1, -0.05) is 117 Å². The minimum absolute atomic E-state index is 0.0457. The molecule has 0 saturated carbocycles. The topological polar surface area (TPSA) is 163 Å². The zero-order chi connectivity index (χ0) is 58.0. The van der Waals surface area contributed by atoms with Crippen molar-refractivity contribution in [3.8, 4) is 11.5 Å². The van der Waals surface area contributed by atoms with Crippen molar-refractivity contribution in [2.75, 3.05) is 53.6 Å². The van der Waals surface area contributed by atoms with Crippen molar-refractivity contribution in [3.63, 3.8) is 0 Å². The number of fused-ring (bicyclic) bond motifs is 2. The highest BCUT2D eigenvalue weighted by Crippen LogP contribution is 2.44. The number of ketones is 1. The number of hydrogen-bond acceptors (Lipinski definition) is 10. The number of unbranched alkanes of at least 4 members (excludes halogenated alkanes) is 14. The van der Waals surface area contributed by atoms with Crippen LogP contribution in [0.3, 0.4) is 0 Å². The van der Waals surface area contributed by atoms with Crippen LogP contribution in [0.25, 0.3) is 0 Å². The van der Waals surface area contributed by atoms with Gasteiger partial charge < -0.3 is 29.9 Å². The lowest BCUT2D eigenvalue weighted by atomic mass is 10.0. The van der Waals surface area contributed by atoms with E-state index in [0.717, 1.165) is 149 Å². The fourth-order valence-corrected chi connectivity index (χ4v) is 14.6. The molecule has 442 valence electrons. The zero-order valence-corrected chi connectivity index (χ0v) is 52.4. The van der Waals surface area contributed by atoms with E-state index < -0.39 is 19.9 Å². The van der Waals surface area contributed by atoms with Crippen molar-refractivity contribution in [1.29, 1.82) is 0 Å². The summed E-state index contributed by atoms with van der Waals surface area (Å²) < 4.78 is 68.6. The first-order chi connectivity index (χ1) is 38.1. The second-order valence-corrected chi connectivity index (χ2v) is 27.8. The van der Waals surface area contributed by atoms with Crippen molar-refractivity contribution in [2.45, 2.75) is 183 Å². The molecule has 0 bridgehead atoms. The lowest BCUT2D eigenvalue weighted by Crippen LogP contribution is -2.36. The van der Waals surface area contributed by atoms with E-state index in [1.54, 1.807) is 48.5 Å². The van der Waals surface area contributed by atoms with Gasteiger partial charge in [-0.3, -0.25) is 4.79 Å². The van der Waals surface area contributed by atoms with Crippen molar-refractivity contribution in [1.82, 2.24) is 25.2 Å². The zero-order valence-electron chi connectivity index (χ0n) is 47.7. The van der Waals surface area contributed by atoms with Gasteiger partial charge in [0.25, 0.3) is 0 Å². The number of carbonyl (C=O) groups is 2. The van der Waals surface area contributed by atoms with Crippen molar-refractivity contribution < 1.29 is 35.9 Å². The maximum atomic E-state index is 13.3. The number of halogens is 4. The van der Waals surface area contributed by atoms with Gasteiger partial charge in [-0.25, -0.2) is 26.4 Å². The van der Waals surface area contributed by atoms with E-state index in [1.807, 2.05) is 54.2 Å². The van der Waals surface area contributed by atoms with E-state index in [4.69, 9.17) is 55.9 Å². The predicted molar refractivity (Wildman–Crippen MR) is 326 cm³/mol. The number of nitrogens with one attached hydrogen (secondary N) is 3. The SMILES string of the molecule is Cc1cc(S(=O)(=O)CCCCCCCCCNC(=O)NCCCCCC(=O)CCCCCCCCCNS(=O)(=O)c2ccc(O[C@H]3c4cc(Cl)cc(Cl)c4C[C@@H]3N(C)C)c(C)c2)ccc1O[C@H]1c2cc(Cl)cc(Cl)c2C[C@@H]1N(C)C. The van der Waals surface area contributed by atoms with E-state index >= 15 is 0 Å². The van der Waals surface area contributed by atoms with E-state index in [0.29, 0.717) is 81.2 Å². The Hall–Kier alpha value is -3.64. The van der Waals surface area contributed by atoms with Crippen LogP contribution in [0.1, 0.15) is 168 Å². The Morgan fingerprint density at radius 1 is 0.525 bits per heavy atom. The summed E-state index contributed by atoms with van der Waals surface area (Å²) in [5, 5.41) is 8.20. The molecule has 19 heteroatoms. The van der Waals surface area contributed by atoms with Crippen LogP contribution >= 0.6 is 46.4 Å². The number of ether oxygens (including phenoxy) is 2. The molecule has 80 heavy (non-hydrogen) atoms. The molecule has 0 aliphatic heterocycles. The maximum absolute atomic E-state index is 13.3. The standard InChI is InChI=1S/C61H85Cl4N5O8S2/c1-42-34-47(26-28-57(42)77-59-51-36-44(62)38-53(64)49(51)40-55(59)69(3)4)79(73,74)33-23-16-12-8-10-14-20-30-66-61(72)67-31-21-17-19-25-46(71)24-18-13-9-7-11-15-22-32-68-80(75,76)48-27-29-58(43(2)35-48)78-60-52-37-45(63)39-54(65)50(52)41-56(60)70(5)6/h26-29,34-39,55-56,59-60,68H,7-25,30-33,40-41H2,1-6H3,(H2,66,67,72)/t55-,56-,59-,60-/m0/s1. The summed E-state index contributed by atoms with van der Waals surface area (Å²) >= 11 is 25.8. The highest BCUT2D eigenvalue weighted by Gasteiger charge is 2.39. The number of sulfonamides is 1. The fourth-order valence-electron chi connectivity index (χ4n) is 10.8. The maximum Gasteiger partial charge on any atom is 0.314 e. The number of nitrogens with zero attached hydrogens (tertiary/aromatic N) is 2. The number of sulfone groups is 1. The largest absolute Gasteiger partial charge is 0.484 e. The van der Waals surface area contributed by atoms with Crippen LogP contribution in [0, 0.1) is 13.8 Å². The highest BCUT2D eigenvalue weighted by atomic mass is 35.5. The van der Waals surface area contributed by atoms with Crippen LogP contribution in [0.4, 0.5) is 4.79 Å². The monoisotopic (exact) mass is 1220 g/mol. The Bertz CT molecular complexity index is 2730. The van der Waals surface area contributed by atoms with Crippen LogP contribution in [0.15, 0.2) is 70.5 Å². The summed E-state index contributed by atoms with van der Waals surface area (Å²) in [6.07, 6.45) is 17.6. The number of likely N-dealkylation sites (N-methyl/N-ethyl adjacent to an activating group) is 2. The number of carbonyl (C=O) groups excluding carboxylic acids is 2. The predicted octanol–water partition coefficient (Wildman–Crippen LogP) is 14.2. The van der Waals surface area contributed by atoms with Crippen LogP contribution in [-0.4, -0.2) is 104 Å². The Labute approximate surface area is 497 Å². The molecule has 13 nitrogen and oxygen atoms in total. The third-order valence-electron chi connectivity index (χ3n) is 15.5. The number of Topliss-reactive ketones (excluding diaryl/α,β-unsaturated/α-hetero) is 1. The van der Waals surface area contributed by atoms with Crippen LogP contribution in [-0.2, 0) is 37.5 Å². The van der Waals surface area contributed by atoms with Crippen LogP contribution in [0.5, 0.6) is 11.5 Å². The van der Waals surface area contributed by atoms with E-state index in [-0.39, 0.29) is 41.0 Å². The van der Waals surface area contributed by atoms with Gasteiger partial charge in [0.05, 0.1) is 27.6 Å². The molecule has 0 unspecified atom stereocenters. The van der Waals surface area contributed by atoms with E-state index in [9.17, 15) is 26.4 Å². The average molecular weight is 1220 g/mol. The van der Waals surface area contributed by atoms with Gasteiger partial charge in [0.15, 0.2) is 9.84 Å². The molecule has 4 aromatic carbocycles.